The number of nitrogens with zero attached hydrogens (tertiary/aromatic N) is 3. The molecule has 0 radical (unpaired) electrons. The van der Waals surface area contributed by atoms with Crippen LogP contribution in [0.25, 0.3) is 11.3 Å². The van der Waals surface area contributed by atoms with Crippen molar-refractivity contribution in [3.63, 3.8) is 0 Å². The standard InChI is InChI=1S/C12H19N5/c1-5-17-9(3)12(8(2)16-17)10-6-14-11(15-10)7-13-4/h6,13H,5,7H2,1-4H3,(H,14,15). The first-order valence-electron chi connectivity index (χ1n) is 5.90. The second kappa shape index (κ2) is 4.71. The van der Waals surface area contributed by atoms with E-state index in [-0.39, 0.29) is 0 Å². The number of hydrogen-bond acceptors (Lipinski definition) is 3. The van der Waals surface area contributed by atoms with Crippen LogP contribution >= 0.6 is 0 Å². The van der Waals surface area contributed by atoms with E-state index in [4.69, 9.17) is 0 Å². The number of nitrogens with one attached hydrogen (secondary N) is 2. The number of aromatic amines is 1. The molecule has 0 unspecified atom stereocenters. The van der Waals surface area contributed by atoms with E-state index < -0.39 is 0 Å². The largest absolute Gasteiger partial charge is 0.341 e. The molecule has 92 valence electrons. The predicted octanol–water partition coefficient (Wildman–Crippen LogP) is 1.63. The summed E-state index contributed by atoms with van der Waals surface area (Å²) >= 11 is 0. The van der Waals surface area contributed by atoms with Crippen molar-refractivity contribution in [3.05, 3.63) is 23.4 Å². The lowest BCUT2D eigenvalue weighted by Gasteiger charge is -2.00. The maximum Gasteiger partial charge on any atom is 0.120 e. The SMILES string of the molecule is CCn1nc(C)c(-c2cnc(CNC)[nH]2)c1C. The summed E-state index contributed by atoms with van der Waals surface area (Å²) in [6.07, 6.45) is 1.88. The summed E-state index contributed by atoms with van der Waals surface area (Å²) in [7, 11) is 1.91. The van der Waals surface area contributed by atoms with Gasteiger partial charge >= 0.3 is 0 Å². The highest BCUT2D eigenvalue weighted by Gasteiger charge is 2.14. The van der Waals surface area contributed by atoms with Crippen molar-refractivity contribution in [2.45, 2.75) is 33.9 Å². The quantitative estimate of drug-likeness (QED) is 0.844. The molecule has 2 N–H and O–H groups in total. The van der Waals surface area contributed by atoms with Gasteiger partial charge in [-0.25, -0.2) is 4.98 Å². The van der Waals surface area contributed by atoms with Crippen LogP contribution in [0.5, 0.6) is 0 Å². The van der Waals surface area contributed by atoms with Crippen molar-refractivity contribution in [2.75, 3.05) is 7.05 Å². The summed E-state index contributed by atoms with van der Waals surface area (Å²) in [6.45, 7) is 7.87. The number of imidazole rings is 1. The van der Waals surface area contributed by atoms with Gasteiger partial charge in [-0.3, -0.25) is 4.68 Å². The topological polar surface area (TPSA) is 58.5 Å². The van der Waals surface area contributed by atoms with Crippen molar-refractivity contribution in [1.82, 2.24) is 25.1 Å². The summed E-state index contributed by atoms with van der Waals surface area (Å²) in [4.78, 5) is 7.67. The lowest BCUT2D eigenvalue weighted by Crippen LogP contribution is -2.06. The highest BCUT2D eigenvalue weighted by Crippen LogP contribution is 2.25. The van der Waals surface area contributed by atoms with E-state index in [0.29, 0.717) is 0 Å². The molecule has 0 saturated heterocycles. The number of aromatic nitrogens is 4. The number of aryl methyl sites for hydroxylation is 2. The van der Waals surface area contributed by atoms with E-state index >= 15 is 0 Å². The van der Waals surface area contributed by atoms with Gasteiger partial charge in [0.1, 0.15) is 5.82 Å². The van der Waals surface area contributed by atoms with Crippen LogP contribution in [0.15, 0.2) is 6.20 Å². The molecule has 2 aromatic heterocycles. The molecule has 5 heteroatoms. The predicted molar refractivity (Wildman–Crippen MR) is 67.7 cm³/mol. The first-order chi connectivity index (χ1) is 8.17. The van der Waals surface area contributed by atoms with Crippen molar-refractivity contribution < 1.29 is 0 Å². The molecule has 2 aromatic rings. The Balaban J connectivity index is 2.41. The van der Waals surface area contributed by atoms with Crippen LogP contribution in [0.3, 0.4) is 0 Å². The van der Waals surface area contributed by atoms with Crippen LogP contribution < -0.4 is 5.32 Å². The molecule has 5 nitrogen and oxygen atoms in total. The lowest BCUT2D eigenvalue weighted by atomic mass is 10.1. The Kier molecular flexibility index (Phi) is 3.28. The summed E-state index contributed by atoms with van der Waals surface area (Å²) in [5, 5.41) is 7.59. The lowest BCUT2D eigenvalue weighted by molar-refractivity contribution is 0.634. The molecule has 0 amide bonds. The van der Waals surface area contributed by atoms with Gasteiger partial charge in [-0.05, 0) is 27.8 Å². The molecule has 2 rings (SSSR count). The Morgan fingerprint density at radius 1 is 1.41 bits per heavy atom. The van der Waals surface area contributed by atoms with Gasteiger partial charge in [0, 0.05) is 17.8 Å². The molecule has 0 aromatic carbocycles. The van der Waals surface area contributed by atoms with Gasteiger partial charge in [0.15, 0.2) is 0 Å². The van der Waals surface area contributed by atoms with Gasteiger partial charge in [-0.2, -0.15) is 5.10 Å². The minimum absolute atomic E-state index is 0.750. The van der Waals surface area contributed by atoms with E-state index in [9.17, 15) is 0 Å². The average Bonchev–Trinajstić information content (AvgIpc) is 2.84. The smallest absolute Gasteiger partial charge is 0.120 e. The van der Waals surface area contributed by atoms with Gasteiger partial charge in [0.05, 0.1) is 24.1 Å². The van der Waals surface area contributed by atoms with Crippen LogP contribution in [-0.4, -0.2) is 26.8 Å². The van der Waals surface area contributed by atoms with Crippen LogP contribution in [0, 0.1) is 13.8 Å². The first kappa shape index (κ1) is 11.9. The second-order valence-electron chi connectivity index (χ2n) is 4.14. The number of H-pyrrole nitrogens is 1. The minimum atomic E-state index is 0.750. The Bertz CT molecular complexity index is 509. The molecule has 0 bridgehead atoms. The molecule has 0 fully saturated rings. The van der Waals surface area contributed by atoms with Crippen molar-refractivity contribution in [2.24, 2.45) is 0 Å². The maximum atomic E-state index is 4.51. The van der Waals surface area contributed by atoms with Gasteiger partial charge in [0.25, 0.3) is 0 Å². The van der Waals surface area contributed by atoms with Gasteiger partial charge in [-0.1, -0.05) is 0 Å². The fourth-order valence-electron chi connectivity index (χ4n) is 2.14. The number of rotatable bonds is 4. The third kappa shape index (κ3) is 2.10. The molecule has 0 aliphatic carbocycles. The molecule has 0 atom stereocenters. The summed E-state index contributed by atoms with van der Waals surface area (Å²) in [5.74, 6) is 0.950. The normalized spacial score (nSPS) is 11.1. The van der Waals surface area contributed by atoms with Crippen molar-refractivity contribution in [1.29, 1.82) is 0 Å². The van der Waals surface area contributed by atoms with Crippen molar-refractivity contribution in [3.8, 4) is 11.3 Å². The van der Waals surface area contributed by atoms with Gasteiger partial charge in [-0.15, -0.1) is 0 Å². The van der Waals surface area contributed by atoms with Crippen LogP contribution in [-0.2, 0) is 13.1 Å². The van der Waals surface area contributed by atoms with Gasteiger partial charge < -0.3 is 10.3 Å². The van der Waals surface area contributed by atoms with E-state index in [0.717, 1.165) is 30.3 Å². The summed E-state index contributed by atoms with van der Waals surface area (Å²) in [5.41, 5.74) is 4.44. The van der Waals surface area contributed by atoms with Gasteiger partial charge in [0.2, 0.25) is 0 Å². The highest BCUT2D eigenvalue weighted by atomic mass is 15.3. The Morgan fingerprint density at radius 2 is 2.18 bits per heavy atom. The Labute approximate surface area is 101 Å². The molecule has 0 aliphatic rings. The van der Waals surface area contributed by atoms with Crippen molar-refractivity contribution >= 4 is 0 Å². The molecule has 0 spiro atoms. The average molecular weight is 233 g/mol. The molecule has 0 aliphatic heterocycles. The fourth-order valence-corrected chi connectivity index (χ4v) is 2.14. The zero-order chi connectivity index (χ0) is 12.4. The summed E-state index contributed by atoms with van der Waals surface area (Å²) in [6, 6.07) is 0. The fraction of sp³-hybridized carbons (Fsp3) is 0.500. The van der Waals surface area contributed by atoms with E-state index in [2.05, 4.69) is 34.2 Å². The van der Waals surface area contributed by atoms with E-state index in [1.54, 1.807) is 0 Å². The zero-order valence-corrected chi connectivity index (χ0v) is 10.8. The minimum Gasteiger partial charge on any atom is -0.341 e. The molecule has 0 saturated carbocycles. The molecule has 17 heavy (non-hydrogen) atoms. The zero-order valence-electron chi connectivity index (χ0n) is 10.8. The molecular formula is C12H19N5. The monoisotopic (exact) mass is 233 g/mol. The maximum absolute atomic E-state index is 4.51. The van der Waals surface area contributed by atoms with E-state index in [1.807, 2.05) is 24.9 Å². The third-order valence-corrected chi connectivity index (χ3v) is 2.92. The summed E-state index contributed by atoms with van der Waals surface area (Å²) < 4.78 is 2.02. The van der Waals surface area contributed by atoms with E-state index in [1.165, 1.54) is 11.3 Å². The third-order valence-electron chi connectivity index (χ3n) is 2.92. The van der Waals surface area contributed by atoms with Crippen LogP contribution in [0.4, 0.5) is 0 Å². The van der Waals surface area contributed by atoms with Crippen LogP contribution in [0.1, 0.15) is 24.1 Å². The molecular weight excluding hydrogens is 214 g/mol. The Morgan fingerprint density at radius 3 is 2.76 bits per heavy atom. The Hall–Kier alpha value is -1.62. The highest BCUT2D eigenvalue weighted by molar-refractivity contribution is 5.64. The molecule has 2 heterocycles. The second-order valence-corrected chi connectivity index (χ2v) is 4.14. The first-order valence-corrected chi connectivity index (χ1v) is 5.90. The number of hydrogen-bond donors (Lipinski definition) is 2. The van der Waals surface area contributed by atoms with Crippen LogP contribution in [0.2, 0.25) is 0 Å².